The first-order valence-electron chi connectivity index (χ1n) is 8.09. The minimum absolute atomic E-state index is 0.214. The second-order valence-electron chi connectivity index (χ2n) is 6.16. The van der Waals surface area contributed by atoms with Crippen molar-refractivity contribution in [3.8, 4) is 0 Å². The number of rotatable bonds is 8. The number of thioether (sulfide) groups is 1. The average Bonchev–Trinajstić information content (AvgIpc) is 2.50. The molecule has 1 rings (SSSR count). The highest BCUT2D eigenvalue weighted by Gasteiger charge is 2.26. The van der Waals surface area contributed by atoms with E-state index in [4.69, 9.17) is 0 Å². The lowest BCUT2D eigenvalue weighted by Gasteiger charge is -2.31. The number of hydrogen-bond donors (Lipinski definition) is 2. The molecule has 2 unspecified atom stereocenters. The van der Waals surface area contributed by atoms with Gasteiger partial charge in [-0.1, -0.05) is 20.8 Å². The molecule has 20 heavy (non-hydrogen) atoms. The van der Waals surface area contributed by atoms with E-state index in [2.05, 4.69) is 37.7 Å². The van der Waals surface area contributed by atoms with Crippen LogP contribution in [0.4, 0.5) is 0 Å². The maximum Gasteiger partial charge on any atom is 0.220 e. The molecule has 0 aromatic heterocycles. The molecule has 1 aliphatic heterocycles. The summed E-state index contributed by atoms with van der Waals surface area (Å²) in [6.45, 7) is 9.66. The van der Waals surface area contributed by atoms with Crippen molar-refractivity contribution in [3.05, 3.63) is 0 Å². The molecular weight excluding hydrogens is 268 g/mol. The van der Waals surface area contributed by atoms with Gasteiger partial charge in [0.1, 0.15) is 0 Å². The molecule has 0 spiro atoms. The second-order valence-corrected chi connectivity index (χ2v) is 7.43. The molecule has 1 aliphatic rings. The molecule has 118 valence electrons. The van der Waals surface area contributed by atoms with E-state index in [-0.39, 0.29) is 10.7 Å². The van der Waals surface area contributed by atoms with Crippen molar-refractivity contribution in [2.75, 3.05) is 25.9 Å². The van der Waals surface area contributed by atoms with E-state index >= 15 is 0 Å². The molecule has 0 aromatic carbocycles. The van der Waals surface area contributed by atoms with Crippen LogP contribution in [0, 0.1) is 11.8 Å². The number of hydrogen-bond acceptors (Lipinski definition) is 3. The first-order chi connectivity index (χ1) is 9.56. The van der Waals surface area contributed by atoms with Gasteiger partial charge in [0.2, 0.25) is 5.91 Å². The Hall–Kier alpha value is -0.220. The van der Waals surface area contributed by atoms with Crippen LogP contribution in [0.2, 0.25) is 0 Å². The molecule has 1 heterocycles. The van der Waals surface area contributed by atoms with Gasteiger partial charge in [0.25, 0.3) is 0 Å². The van der Waals surface area contributed by atoms with Gasteiger partial charge in [0, 0.05) is 17.7 Å². The monoisotopic (exact) mass is 300 g/mol. The summed E-state index contributed by atoms with van der Waals surface area (Å²) in [4.78, 5) is 12.1. The Morgan fingerprint density at radius 1 is 1.45 bits per heavy atom. The normalized spacial score (nSPS) is 21.5. The Balaban J connectivity index is 2.35. The van der Waals surface area contributed by atoms with Crippen LogP contribution in [0.25, 0.3) is 0 Å². The second kappa shape index (κ2) is 8.93. The van der Waals surface area contributed by atoms with Crippen LogP contribution < -0.4 is 10.6 Å². The van der Waals surface area contributed by atoms with Crippen molar-refractivity contribution in [1.82, 2.24) is 10.6 Å². The van der Waals surface area contributed by atoms with Gasteiger partial charge in [-0.15, -0.1) is 0 Å². The molecule has 0 radical (unpaired) electrons. The van der Waals surface area contributed by atoms with Crippen LogP contribution in [-0.2, 0) is 4.79 Å². The predicted octanol–water partition coefficient (Wildman–Crippen LogP) is 3.05. The number of carbonyl (C=O) groups is 1. The Bertz CT molecular complexity index is 278. The molecule has 1 amide bonds. The first kappa shape index (κ1) is 17.8. The quantitative estimate of drug-likeness (QED) is 0.724. The van der Waals surface area contributed by atoms with Crippen molar-refractivity contribution in [2.45, 2.75) is 57.6 Å². The summed E-state index contributed by atoms with van der Waals surface area (Å²) in [6.07, 6.45) is 7.54. The van der Waals surface area contributed by atoms with Gasteiger partial charge in [-0.3, -0.25) is 4.79 Å². The molecule has 4 heteroatoms. The molecule has 1 saturated heterocycles. The van der Waals surface area contributed by atoms with Crippen LogP contribution in [-0.4, -0.2) is 36.5 Å². The van der Waals surface area contributed by atoms with E-state index in [0.717, 1.165) is 32.5 Å². The van der Waals surface area contributed by atoms with E-state index in [1.54, 1.807) is 0 Å². The molecule has 2 N–H and O–H groups in total. The Morgan fingerprint density at radius 2 is 2.15 bits per heavy atom. The van der Waals surface area contributed by atoms with Gasteiger partial charge in [-0.05, 0) is 56.9 Å². The Kier molecular flexibility index (Phi) is 7.96. The largest absolute Gasteiger partial charge is 0.355 e. The summed E-state index contributed by atoms with van der Waals surface area (Å²) < 4.78 is 0.214. The fourth-order valence-corrected chi connectivity index (χ4v) is 3.81. The Labute approximate surface area is 129 Å². The van der Waals surface area contributed by atoms with Crippen molar-refractivity contribution < 1.29 is 4.79 Å². The van der Waals surface area contributed by atoms with Gasteiger partial charge in [0.15, 0.2) is 0 Å². The van der Waals surface area contributed by atoms with Gasteiger partial charge in [-0.2, -0.15) is 11.8 Å². The molecule has 3 nitrogen and oxygen atoms in total. The number of nitrogens with one attached hydrogen (secondary N) is 2. The summed E-state index contributed by atoms with van der Waals surface area (Å²) in [5, 5.41) is 6.60. The van der Waals surface area contributed by atoms with Crippen molar-refractivity contribution in [3.63, 3.8) is 0 Å². The molecule has 1 fully saturated rings. The lowest BCUT2D eigenvalue weighted by molar-refractivity contribution is -0.122. The van der Waals surface area contributed by atoms with E-state index in [0.29, 0.717) is 18.3 Å². The minimum Gasteiger partial charge on any atom is -0.355 e. The summed E-state index contributed by atoms with van der Waals surface area (Å²) in [5.74, 6) is 1.37. The number of carbonyl (C=O) groups excluding carboxylic acids is 1. The molecule has 0 aliphatic carbocycles. The van der Waals surface area contributed by atoms with Gasteiger partial charge >= 0.3 is 0 Å². The first-order valence-corrected chi connectivity index (χ1v) is 9.32. The van der Waals surface area contributed by atoms with E-state index in [1.165, 1.54) is 12.8 Å². The molecule has 2 atom stereocenters. The van der Waals surface area contributed by atoms with Crippen LogP contribution in [0.15, 0.2) is 0 Å². The van der Waals surface area contributed by atoms with Crippen LogP contribution in [0.5, 0.6) is 0 Å². The lowest BCUT2D eigenvalue weighted by Crippen LogP contribution is -2.41. The SMILES string of the molecule is CCC(CC)(CNC(=O)CC(C)C1CCCNC1)SC. The minimum atomic E-state index is 0.214. The van der Waals surface area contributed by atoms with Crippen LogP contribution in [0.3, 0.4) is 0 Å². The van der Waals surface area contributed by atoms with Crippen molar-refractivity contribution in [2.24, 2.45) is 11.8 Å². The molecule has 0 saturated carbocycles. The standard InChI is InChI=1S/C16H32N2OS/c1-5-16(6-2,20-4)12-18-15(19)10-13(3)14-8-7-9-17-11-14/h13-14,17H,5-12H2,1-4H3,(H,18,19). The summed E-state index contributed by atoms with van der Waals surface area (Å²) in [5.41, 5.74) is 0. The zero-order valence-electron chi connectivity index (χ0n) is 13.6. The van der Waals surface area contributed by atoms with Gasteiger partial charge in [-0.25, -0.2) is 0 Å². The van der Waals surface area contributed by atoms with Crippen LogP contribution in [0.1, 0.15) is 52.9 Å². The highest BCUT2D eigenvalue weighted by molar-refractivity contribution is 8.00. The smallest absolute Gasteiger partial charge is 0.220 e. The highest BCUT2D eigenvalue weighted by atomic mass is 32.2. The summed E-state index contributed by atoms with van der Waals surface area (Å²) in [6, 6.07) is 0. The van der Waals surface area contributed by atoms with E-state index < -0.39 is 0 Å². The number of amides is 1. The van der Waals surface area contributed by atoms with Gasteiger partial charge < -0.3 is 10.6 Å². The maximum atomic E-state index is 12.1. The highest BCUT2D eigenvalue weighted by Crippen LogP contribution is 2.29. The fraction of sp³-hybridized carbons (Fsp3) is 0.938. The van der Waals surface area contributed by atoms with Crippen molar-refractivity contribution in [1.29, 1.82) is 0 Å². The topological polar surface area (TPSA) is 41.1 Å². The Morgan fingerprint density at radius 3 is 2.65 bits per heavy atom. The summed E-state index contributed by atoms with van der Waals surface area (Å²) in [7, 11) is 0. The predicted molar refractivity (Wildman–Crippen MR) is 89.2 cm³/mol. The van der Waals surface area contributed by atoms with E-state index in [9.17, 15) is 4.79 Å². The molecular formula is C16H32N2OS. The van der Waals surface area contributed by atoms with Crippen molar-refractivity contribution >= 4 is 17.7 Å². The lowest BCUT2D eigenvalue weighted by atomic mass is 9.85. The van der Waals surface area contributed by atoms with Gasteiger partial charge in [0.05, 0.1) is 0 Å². The molecule has 0 bridgehead atoms. The summed E-state index contributed by atoms with van der Waals surface area (Å²) >= 11 is 1.88. The molecule has 0 aromatic rings. The fourth-order valence-electron chi connectivity index (χ4n) is 3.02. The zero-order valence-corrected chi connectivity index (χ0v) is 14.4. The number of piperidine rings is 1. The zero-order chi connectivity index (χ0) is 15.0. The third-order valence-corrected chi connectivity index (χ3v) is 6.56. The van der Waals surface area contributed by atoms with Crippen LogP contribution >= 0.6 is 11.8 Å². The average molecular weight is 301 g/mol. The third kappa shape index (κ3) is 5.28. The third-order valence-electron chi connectivity index (χ3n) is 4.98. The maximum absolute atomic E-state index is 12.1. The van der Waals surface area contributed by atoms with E-state index in [1.807, 2.05) is 11.8 Å².